The van der Waals surface area contributed by atoms with Crippen molar-refractivity contribution in [2.75, 3.05) is 68.8 Å². The highest BCUT2D eigenvalue weighted by Crippen LogP contribution is 2.30. The predicted octanol–water partition coefficient (Wildman–Crippen LogP) is 5.35. The van der Waals surface area contributed by atoms with E-state index in [4.69, 9.17) is 16.3 Å². The first-order valence-electron chi connectivity index (χ1n) is 17.8. The van der Waals surface area contributed by atoms with E-state index in [1.807, 2.05) is 49.1 Å². The Kier molecular flexibility index (Phi) is 12.7. The second-order valence-corrected chi connectivity index (χ2v) is 16.3. The van der Waals surface area contributed by atoms with Gasteiger partial charge in [0.05, 0.1) is 22.7 Å². The zero-order valence-electron chi connectivity index (χ0n) is 29.1. The van der Waals surface area contributed by atoms with Crippen molar-refractivity contribution in [2.45, 2.75) is 75.9 Å². The lowest BCUT2D eigenvalue weighted by atomic mass is 9.94. The molecule has 0 unspecified atom stereocenters. The third-order valence-electron chi connectivity index (χ3n) is 10.5. The van der Waals surface area contributed by atoms with Crippen LogP contribution < -0.4 is 9.80 Å². The van der Waals surface area contributed by atoms with Gasteiger partial charge in [-0.25, -0.2) is 8.42 Å². The van der Waals surface area contributed by atoms with Crippen molar-refractivity contribution in [1.82, 2.24) is 9.80 Å². The number of benzene rings is 2. The van der Waals surface area contributed by atoms with Crippen molar-refractivity contribution in [2.24, 2.45) is 11.8 Å². The number of rotatable bonds is 11. The zero-order valence-corrected chi connectivity index (χ0v) is 30.7. The summed E-state index contributed by atoms with van der Waals surface area (Å²) in [4.78, 5) is 46.2. The molecule has 2 aromatic carbocycles. The molecule has 0 aromatic heterocycles. The van der Waals surface area contributed by atoms with Crippen molar-refractivity contribution in [3.63, 3.8) is 0 Å². The second kappa shape index (κ2) is 16.7. The summed E-state index contributed by atoms with van der Waals surface area (Å²) in [6, 6.07) is 13.0. The number of carbonyl (C=O) groups excluding carboxylic acids is 3. The van der Waals surface area contributed by atoms with E-state index in [1.165, 1.54) is 0 Å². The average molecular weight is 715 g/mol. The van der Waals surface area contributed by atoms with E-state index >= 15 is 0 Å². The van der Waals surface area contributed by atoms with Crippen LogP contribution in [0.2, 0.25) is 5.02 Å². The fraction of sp³-hybridized carbons (Fsp3) is 0.595. The summed E-state index contributed by atoms with van der Waals surface area (Å²) < 4.78 is 32.4. The van der Waals surface area contributed by atoms with Gasteiger partial charge >= 0.3 is 5.97 Å². The Balaban J connectivity index is 1.12. The van der Waals surface area contributed by atoms with Crippen LogP contribution >= 0.6 is 11.6 Å². The summed E-state index contributed by atoms with van der Waals surface area (Å²) in [5.41, 5.74) is 2.71. The van der Waals surface area contributed by atoms with Crippen LogP contribution in [-0.2, 0) is 29.0 Å². The van der Waals surface area contributed by atoms with Gasteiger partial charge in [0.25, 0.3) is 0 Å². The molecule has 268 valence electrons. The van der Waals surface area contributed by atoms with E-state index in [0.29, 0.717) is 74.9 Å². The molecule has 0 spiro atoms. The quantitative estimate of drug-likeness (QED) is 0.287. The first-order chi connectivity index (χ1) is 23.5. The van der Waals surface area contributed by atoms with E-state index in [1.54, 1.807) is 24.0 Å². The number of halogens is 1. The Hall–Kier alpha value is -3.15. The van der Waals surface area contributed by atoms with Crippen LogP contribution in [0.15, 0.2) is 47.4 Å². The lowest BCUT2D eigenvalue weighted by Crippen LogP contribution is -2.45. The molecule has 3 saturated heterocycles. The van der Waals surface area contributed by atoms with E-state index in [9.17, 15) is 22.8 Å². The lowest BCUT2D eigenvalue weighted by Gasteiger charge is -2.35. The van der Waals surface area contributed by atoms with Gasteiger partial charge in [-0.1, -0.05) is 17.7 Å². The molecule has 2 aromatic rings. The molecule has 3 fully saturated rings. The summed E-state index contributed by atoms with van der Waals surface area (Å²) in [7, 11) is -3.47. The molecule has 0 aliphatic carbocycles. The van der Waals surface area contributed by atoms with Gasteiger partial charge in [-0.05, 0) is 120 Å². The Bertz CT molecular complexity index is 1560. The van der Waals surface area contributed by atoms with E-state index in [0.717, 1.165) is 55.8 Å². The number of hydrogen-bond donors (Lipinski definition) is 0. The standard InChI is InChI=1S/C37H51ClN4O6S/c1-4-48-37(45)30-14-24-41(25-15-30)31-8-10-33(11-9-31)49(46,47)34-16-20-39(21-17-34)18-5-19-42(32-7-6-27(2)35(38)26-32)36(44)29-12-22-40(23-13-29)28(3)43/h6-11,26,29-30,34H,4-5,12-25H2,1-3H3. The van der Waals surface area contributed by atoms with Crippen LogP contribution in [0.5, 0.6) is 0 Å². The summed E-state index contributed by atoms with van der Waals surface area (Å²) in [5, 5.41) is 0.193. The molecule has 3 aliphatic heterocycles. The van der Waals surface area contributed by atoms with Gasteiger partial charge in [-0.2, -0.15) is 0 Å². The molecule has 12 heteroatoms. The molecule has 0 saturated carbocycles. The van der Waals surface area contributed by atoms with Gasteiger partial charge in [0.2, 0.25) is 11.8 Å². The van der Waals surface area contributed by atoms with Crippen molar-refractivity contribution < 1.29 is 27.5 Å². The lowest BCUT2D eigenvalue weighted by molar-refractivity contribution is -0.148. The summed E-state index contributed by atoms with van der Waals surface area (Å²) in [5.74, 6) is -0.228. The first kappa shape index (κ1) is 37.1. The van der Waals surface area contributed by atoms with Gasteiger partial charge in [0, 0.05) is 62.0 Å². The number of nitrogens with zero attached hydrogens (tertiary/aromatic N) is 4. The molecule has 3 aliphatic rings. The monoisotopic (exact) mass is 714 g/mol. The van der Waals surface area contributed by atoms with E-state index < -0.39 is 15.1 Å². The van der Waals surface area contributed by atoms with Crippen molar-refractivity contribution in [1.29, 1.82) is 0 Å². The van der Waals surface area contributed by atoms with Crippen molar-refractivity contribution in [3.8, 4) is 0 Å². The second-order valence-electron chi connectivity index (χ2n) is 13.7. The molecule has 0 N–H and O–H groups in total. The van der Waals surface area contributed by atoms with Crippen molar-refractivity contribution >= 4 is 50.6 Å². The maximum Gasteiger partial charge on any atom is 0.309 e. The molecule has 0 atom stereocenters. The highest BCUT2D eigenvalue weighted by Gasteiger charge is 2.33. The van der Waals surface area contributed by atoms with Crippen LogP contribution in [0.1, 0.15) is 64.4 Å². The Morgan fingerprint density at radius 1 is 0.878 bits per heavy atom. The summed E-state index contributed by atoms with van der Waals surface area (Å²) in [6.07, 6.45) is 4.64. The molecule has 3 heterocycles. The number of anilines is 2. The number of ether oxygens (including phenoxy) is 1. The highest BCUT2D eigenvalue weighted by molar-refractivity contribution is 7.92. The Morgan fingerprint density at radius 2 is 1.51 bits per heavy atom. The van der Waals surface area contributed by atoms with Gasteiger partial charge < -0.3 is 24.3 Å². The van der Waals surface area contributed by atoms with Gasteiger partial charge in [0.15, 0.2) is 9.84 Å². The minimum absolute atomic E-state index is 0.0446. The van der Waals surface area contributed by atoms with Gasteiger partial charge in [-0.3, -0.25) is 14.4 Å². The summed E-state index contributed by atoms with van der Waals surface area (Å²) in [6.45, 7) is 11.0. The number of esters is 1. The number of aryl methyl sites for hydroxylation is 1. The van der Waals surface area contributed by atoms with Gasteiger partial charge in [-0.15, -0.1) is 0 Å². The predicted molar refractivity (Wildman–Crippen MR) is 193 cm³/mol. The minimum Gasteiger partial charge on any atom is -0.466 e. The Morgan fingerprint density at radius 3 is 2.10 bits per heavy atom. The first-order valence-corrected chi connectivity index (χ1v) is 19.7. The number of piperidine rings is 3. The molecule has 0 bridgehead atoms. The van der Waals surface area contributed by atoms with Crippen LogP contribution in [0, 0.1) is 18.8 Å². The van der Waals surface area contributed by atoms with E-state index in [2.05, 4.69) is 9.80 Å². The number of sulfone groups is 1. The molecule has 0 radical (unpaired) electrons. The third kappa shape index (κ3) is 9.15. The molecule has 10 nitrogen and oxygen atoms in total. The normalized spacial score (nSPS) is 18.8. The van der Waals surface area contributed by atoms with Crippen LogP contribution in [-0.4, -0.2) is 100 Å². The van der Waals surface area contributed by atoms with E-state index in [-0.39, 0.29) is 29.6 Å². The SMILES string of the molecule is CCOC(=O)C1CCN(c2ccc(S(=O)(=O)C3CCN(CCCN(C(=O)C4CCN(C(C)=O)CC4)c4ccc(C)c(Cl)c4)CC3)cc2)CC1. The maximum absolute atomic E-state index is 13.8. The molecular weight excluding hydrogens is 664 g/mol. The molecular formula is C37H51ClN4O6S. The number of hydrogen-bond acceptors (Lipinski definition) is 8. The zero-order chi connectivity index (χ0) is 35.1. The maximum atomic E-state index is 13.8. The highest BCUT2D eigenvalue weighted by atomic mass is 35.5. The number of carbonyl (C=O) groups is 3. The smallest absolute Gasteiger partial charge is 0.309 e. The topological polar surface area (TPSA) is 108 Å². The van der Waals surface area contributed by atoms with Crippen LogP contribution in [0.3, 0.4) is 0 Å². The summed E-state index contributed by atoms with van der Waals surface area (Å²) >= 11 is 6.46. The average Bonchev–Trinajstić information content (AvgIpc) is 3.11. The van der Waals surface area contributed by atoms with Gasteiger partial charge in [0.1, 0.15) is 0 Å². The number of likely N-dealkylation sites (tertiary alicyclic amines) is 2. The van der Waals surface area contributed by atoms with Crippen LogP contribution in [0.4, 0.5) is 11.4 Å². The molecule has 49 heavy (non-hydrogen) atoms. The molecule has 5 rings (SSSR count). The molecule has 2 amide bonds. The Labute approximate surface area is 296 Å². The van der Waals surface area contributed by atoms with Crippen LogP contribution in [0.25, 0.3) is 0 Å². The fourth-order valence-electron chi connectivity index (χ4n) is 7.35. The fourth-order valence-corrected chi connectivity index (χ4v) is 9.25. The number of amides is 2. The minimum atomic E-state index is -3.47. The third-order valence-corrected chi connectivity index (χ3v) is 13.2. The largest absolute Gasteiger partial charge is 0.466 e. The van der Waals surface area contributed by atoms with Crippen molar-refractivity contribution in [3.05, 3.63) is 53.1 Å².